The number of thiophene rings is 1. The maximum absolute atomic E-state index is 12.5. The number of hydrogen-bond acceptors (Lipinski definition) is 7. The summed E-state index contributed by atoms with van der Waals surface area (Å²) in [5.74, 6) is 1.84. The monoisotopic (exact) mass is 450 g/mol. The highest BCUT2D eigenvalue weighted by Crippen LogP contribution is 2.42. The Labute approximate surface area is 181 Å². The maximum atomic E-state index is 12.5. The smallest absolute Gasteiger partial charge is 0.234 e. The molecule has 1 fully saturated rings. The first kappa shape index (κ1) is 20.1. The van der Waals surface area contributed by atoms with E-state index in [1.54, 1.807) is 23.5 Å². The average molecular weight is 451 g/mol. The summed E-state index contributed by atoms with van der Waals surface area (Å²) in [6, 6.07) is 7.70. The first-order valence-electron chi connectivity index (χ1n) is 8.93. The quantitative estimate of drug-likeness (QED) is 0.499. The molecule has 7 nitrogen and oxygen atoms in total. The Morgan fingerprint density at radius 3 is 2.76 bits per heavy atom. The van der Waals surface area contributed by atoms with Crippen LogP contribution in [-0.2, 0) is 4.79 Å². The molecule has 29 heavy (non-hydrogen) atoms. The van der Waals surface area contributed by atoms with Crippen molar-refractivity contribution in [3.05, 3.63) is 34.7 Å². The minimum atomic E-state index is -0.183. The van der Waals surface area contributed by atoms with Crippen molar-refractivity contribution < 1.29 is 14.3 Å². The zero-order valence-corrected chi connectivity index (χ0v) is 18.2. The number of methoxy groups -OCH3 is 2. The van der Waals surface area contributed by atoms with E-state index in [1.165, 1.54) is 26.0 Å². The van der Waals surface area contributed by atoms with Gasteiger partial charge in [-0.3, -0.25) is 9.36 Å². The number of hydrogen-bond donors (Lipinski definition) is 1. The van der Waals surface area contributed by atoms with E-state index in [9.17, 15) is 4.79 Å². The fourth-order valence-corrected chi connectivity index (χ4v) is 4.64. The molecule has 1 aliphatic carbocycles. The second-order valence-corrected chi connectivity index (χ2v) is 8.71. The number of aromatic nitrogens is 3. The predicted octanol–water partition coefficient (Wildman–Crippen LogP) is 4.74. The second-order valence-electron chi connectivity index (χ2n) is 6.41. The molecule has 10 heteroatoms. The van der Waals surface area contributed by atoms with Crippen molar-refractivity contribution in [3.63, 3.8) is 0 Å². The number of halogens is 1. The van der Waals surface area contributed by atoms with Crippen molar-refractivity contribution in [1.29, 1.82) is 0 Å². The summed E-state index contributed by atoms with van der Waals surface area (Å²) in [6.45, 7) is 0. The molecular weight excluding hydrogens is 432 g/mol. The average Bonchev–Trinajstić information content (AvgIpc) is 3.24. The number of thioether (sulfide) groups is 1. The highest BCUT2D eigenvalue weighted by molar-refractivity contribution is 7.99. The van der Waals surface area contributed by atoms with Crippen LogP contribution in [0.4, 0.5) is 5.69 Å². The van der Waals surface area contributed by atoms with Gasteiger partial charge >= 0.3 is 0 Å². The molecule has 2 heterocycles. The van der Waals surface area contributed by atoms with Crippen molar-refractivity contribution in [1.82, 2.24) is 14.8 Å². The maximum Gasteiger partial charge on any atom is 0.234 e. The third-order valence-electron chi connectivity index (χ3n) is 4.40. The van der Waals surface area contributed by atoms with Crippen LogP contribution in [0.25, 0.3) is 10.7 Å². The Hall–Kier alpha value is -2.23. The Morgan fingerprint density at radius 1 is 1.31 bits per heavy atom. The molecule has 0 radical (unpaired) electrons. The molecule has 0 aliphatic heterocycles. The summed E-state index contributed by atoms with van der Waals surface area (Å²) in [7, 11) is 3.05. The second kappa shape index (κ2) is 8.64. The van der Waals surface area contributed by atoms with E-state index in [0.717, 1.165) is 28.7 Å². The highest BCUT2D eigenvalue weighted by atomic mass is 35.5. The third kappa shape index (κ3) is 4.36. The molecule has 1 N–H and O–H groups in total. The molecule has 2 aromatic heterocycles. The molecule has 152 valence electrons. The predicted molar refractivity (Wildman–Crippen MR) is 116 cm³/mol. The van der Waals surface area contributed by atoms with Crippen LogP contribution >= 0.6 is 34.7 Å². The van der Waals surface area contributed by atoms with Crippen LogP contribution in [0.5, 0.6) is 11.5 Å². The zero-order chi connectivity index (χ0) is 20.4. The fourth-order valence-electron chi connectivity index (χ4n) is 2.89. The number of ether oxygens (including phenoxy) is 2. The van der Waals surface area contributed by atoms with E-state index in [2.05, 4.69) is 20.1 Å². The number of nitrogens with one attached hydrogen (secondary N) is 1. The molecule has 0 spiro atoms. The Morgan fingerprint density at radius 2 is 2.10 bits per heavy atom. The van der Waals surface area contributed by atoms with Gasteiger partial charge in [-0.2, -0.15) is 0 Å². The van der Waals surface area contributed by atoms with Crippen LogP contribution in [0.2, 0.25) is 5.02 Å². The minimum absolute atomic E-state index is 0.183. The minimum Gasteiger partial charge on any atom is -0.495 e. The van der Waals surface area contributed by atoms with E-state index in [-0.39, 0.29) is 11.7 Å². The first-order valence-corrected chi connectivity index (χ1v) is 11.2. The summed E-state index contributed by atoms with van der Waals surface area (Å²) < 4.78 is 12.7. The van der Waals surface area contributed by atoms with E-state index in [0.29, 0.717) is 28.3 Å². The lowest BCUT2D eigenvalue weighted by atomic mass is 10.2. The summed E-state index contributed by atoms with van der Waals surface area (Å²) in [5.41, 5.74) is 0.492. The van der Waals surface area contributed by atoms with Crippen molar-refractivity contribution in [2.75, 3.05) is 25.3 Å². The first-order chi connectivity index (χ1) is 14.1. The summed E-state index contributed by atoms with van der Waals surface area (Å²) in [5, 5.41) is 14.7. The Balaban J connectivity index is 1.46. The van der Waals surface area contributed by atoms with E-state index >= 15 is 0 Å². The molecule has 1 amide bonds. The number of carbonyl (C=O) groups is 1. The van der Waals surface area contributed by atoms with Crippen molar-refractivity contribution in [2.45, 2.75) is 24.0 Å². The number of amides is 1. The molecule has 0 saturated heterocycles. The van der Waals surface area contributed by atoms with Crippen molar-refractivity contribution in [2.24, 2.45) is 0 Å². The number of carbonyl (C=O) groups excluding carboxylic acids is 1. The van der Waals surface area contributed by atoms with Crippen molar-refractivity contribution >= 4 is 46.3 Å². The Kier molecular flexibility index (Phi) is 5.98. The lowest BCUT2D eigenvalue weighted by molar-refractivity contribution is -0.113. The molecule has 0 bridgehead atoms. The standard InChI is InChI=1S/C19H19ClN4O3S2/c1-26-14-9-15(27-2)13(8-12(14)20)21-17(25)10-29-19-23-22-18(16-4-3-7-28-16)24(19)11-5-6-11/h3-4,7-9,11H,5-6,10H2,1-2H3,(H,21,25). The summed E-state index contributed by atoms with van der Waals surface area (Å²) in [4.78, 5) is 13.6. The molecule has 3 aromatic rings. The van der Waals surface area contributed by atoms with E-state index in [4.69, 9.17) is 21.1 Å². The number of rotatable bonds is 8. The van der Waals surface area contributed by atoms with Gasteiger partial charge < -0.3 is 14.8 Å². The van der Waals surface area contributed by atoms with Crippen molar-refractivity contribution in [3.8, 4) is 22.2 Å². The van der Waals surface area contributed by atoms with Crippen LogP contribution in [0.1, 0.15) is 18.9 Å². The zero-order valence-electron chi connectivity index (χ0n) is 15.8. The SMILES string of the molecule is COc1cc(OC)c(NC(=O)CSc2nnc(-c3cccs3)n2C2CC2)cc1Cl. The molecule has 0 unspecified atom stereocenters. The molecule has 4 rings (SSSR count). The fraction of sp³-hybridized carbons (Fsp3) is 0.316. The van der Waals surface area contributed by atoms with E-state index in [1.807, 2.05) is 17.5 Å². The largest absolute Gasteiger partial charge is 0.495 e. The number of anilines is 1. The van der Waals surface area contributed by atoms with Gasteiger partial charge in [-0.05, 0) is 30.4 Å². The van der Waals surface area contributed by atoms with Gasteiger partial charge in [-0.15, -0.1) is 21.5 Å². The van der Waals surface area contributed by atoms with Crippen LogP contribution in [0.3, 0.4) is 0 Å². The van der Waals surface area contributed by atoms with Gasteiger partial charge in [-0.1, -0.05) is 29.4 Å². The van der Waals surface area contributed by atoms with Gasteiger partial charge in [0.15, 0.2) is 11.0 Å². The van der Waals surface area contributed by atoms with Gasteiger partial charge in [0.25, 0.3) is 0 Å². The van der Waals surface area contributed by atoms with Gasteiger partial charge in [0, 0.05) is 12.1 Å². The molecule has 1 aliphatic rings. The highest BCUT2D eigenvalue weighted by Gasteiger charge is 2.30. The topological polar surface area (TPSA) is 78.3 Å². The van der Waals surface area contributed by atoms with Gasteiger partial charge in [0.1, 0.15) is 11.5 Å². The van der Waals surface area contributed by atoms with Crippen LogP contribution in [0.15, 0.2) is 34.8 Å². The molecule has 0 atom stereocenters. The molecule has 1 saturated carbocycles. The number of benzene rings is 1. The summed E-state index contributed by atoms with van der Waals surface area (Å²) >= 11 is 9.18. The molecular formula is C19H19ClN4O3S2. The van der Waals surface area contributed by atoms with Gasteiger partial charge in [0.2, 0.25) is 5.91 Å². The van der Waals surface area contributed by atoms with Crippen LogP contribution in [0, 0.1) is 0 Å². The van der Waals surface area contributed by atoms with Gasteiger partial charge in [-0.25, -0.2) is 0 Å². The molecule has 1 aromatic carbocycles. The van der Waals surface area contributed by atoms with Crippen LogP contribution < -0.4 is 14.8 Å². The summed E-state index contributed by atoms with van der Waals surface area (Å²) in [6.07, 6.45) is 2.22. The lowest BCUT2D eigenvalue weighted by Crippen LogP contribution is -2.15. The van der Waals surface area contributed by atoms with Crippen LogP contribution in [-0.4, -0.2) is 40.6 Å². The van der Waals surface area contributed by atoms with E-state index < -0.39 is 0 Å². The Bertz CT molecular complexity index is 1020. The third-order valence-corrected chi connectivity index (χ3v) is 6.50. The lowest BCUT2D eigenvalue weighted by Gasteiger charge is -2.13. The van der Waals surface area contributed by atoms with Gasteiger partial charge in [0.05, 0.1) is 35.6 Å². The number of nitrogens with zero attached hydrogens (tertiary/aromatic N) is 3. The normalized spacial score (nSPS) is 13.3.